The molecule has 2 rings (SSSR count). The van der Waals surface area contributed by atoms with Crippen LogP contribution in [0.4, 0.5) is 8.78 Å². The summed E-state index contributed by atoms with van der Waals surface area (Å²) in [5, 5.41) is -1.11. The van der Waals surface area contributed by atoms with Crippen molar-refractivity contribution in [2.75, 3.05) is 0 Å². The first kappa shape index (κ1) is 14.0. The molecule has 98 valence electrons. The van der Waals surface area contributed by atoms with Crippen LogP contribution in [0.2, 0.25) is 5.02 Å². The highest BCUT2D eigenvalue weighted by Crippen LogP contribution is 2.27. The molecule has 0 amide bonds. The second-order valence-electron chi connectivity index (χ2n) is 3.91. The molecule has 0 saturated carbocycles. The second-order valence-corrected chi connectivity index (χ2v) is 4.75. The Bertz CT molecular complexity index is 611. The highest BCUT2D eigenvalue weighted by molar-refractivity contribution is 6.35. The highest BCUT2D eigenvalue weighted by atomic mass is 35.5. The summed E-state index contributed by atoms with van der Waals surface area (Å²) in [4.78, 5) is 12.1. The summed E-state index contributed by atoms with van der Waals surface area (Å²) in [5.41, 5.74) is 0.671. The molecular weight excluding hydrogens is 293 g/mol. The van der Waals surface area contributed by atoms with E-state index in [9.17, 15) is 13.6 Å². The molecule has 2 aromatic rings. The van der Waals surface area contributed by atoms with E-state index in [1.54, 1.807) is 0 Å². The lowest BCUT2D eigenvalue weighted by atomic mass is 10.0. The third kappa shape index (κ3) is 3.11. The standard InChI is InChI=1S/C14H8Cl2F2O/c15-11-7-9(3-6-12(11)18)14(19)13(16)8-1-4-10(17)5-2-8/h1-7,13H. The average molecular weight is 301 g/mol. The fourth-order valence-corrected chi connectivity index (χ4v) is 2.03. The first-order chi connectivity index (χ1) is 8.99. The Kier molecular flexibility index (Phi) is 4.17. The molecule has 0 radical (unpaired) electrons. The number of benzene rings is 2. The maximum Gasteiger partial charge on any atom is 0.185 e. The molecule has 1 unspecified atom stereocenters. The van der Waals surface area contributed by atoms with E-state index in [1.807, 2.05) is 0 Å². The third-order valence-electron chi connectivity index (χ3n) is 2.60. The van der Waals surface area contributed by atoms with Gasteiger partial charge in [-0.25, -0.2) is 8.78 Å². The van der Waals surface area contributed by atoms with Crippen molar-refractivity contribution in [2.24, 2.45) is 0 Å². The zero-order valence-electron chi connectivity index (χ0n) is 9.54. The number of hydrogen-bond acceptors (Lipinski definition) is 1. The van der Waals surface area contributed by atoms with Gasteiger partial charge >= 0.3 is 0 Å². The van der Waals surface area contributed by atoms with Crippen LogP contribution in [0.1, 0.15) is 21.3 Å². The number of halogens is 4. The third-order valence-corrected chi connectivity index (χ3v) is 3.34. The molecule has 2 aromatic carbocycles. The maximum absolute atomic E-state index is 13.0. The Morgan fingerprint density at radius 3 is 2.26 bits per heavy atom. The Hall–Kier alpha value is -1.45. The lowest BCUT2D eigenvalue weighted by Gasteiger charge is -2.09. The molecule has 0 aliphatic heterocycles. The minimum atomic E-state index is -0.970. The molecule has 0 heterocycles. The zero-order chi connectivity index (χ0) is 14.0. The topological polar surface area (TPSA) is 17.1 Å². The normalized spacial score (nSPS) is 12.2. The highest BCUT2D eigenvalue weighted by Gasteiger charge is 2.20. The number of carbonyl (C=O) groups is 1. The Morgan fingerprint density at radius 1 is 1.05 bits per heavy atom. The van der Waals surface area contributed by atoms with E-state index in [-0.39, 0.29) is 10.6 Å². The fraction of sp³-hybridized carbons (Fsp3) is 0.0714. The van der Waals surface area contributed by atoms with Gasteiger partial charge in [0.2, 0.25) is 0 Å². The molecule has 0 aromatic heterocycles. The van der Waals surface area contributed by atoms with Crippen LogP contribution in [-0.2, 0) is 0 Å². The van der Waals surface area contributed by atoms with Gasteiger partial charge in [-0.3, -0.25) is 4.79 Å². The summed E-state index contributed by atoms with van der Waals surface area (Å²) in [6.07, 6.45) is 0. The van der Waals surface area contributed by atoms with Gasteiger partial charge in [0.05, 0.1) is 5.02 Å². The van der Waals surface area contributed by atoms with Crippen LogP contribution in [0.15, 0.2) is 42.5 Å². The van der Waals surface area contributed by atoms with Crippen LogP contribution in [-0.4, -0.2) is 5.78 Å². The van der Waals surface area contributed by atoms with Gasteiger partial charge in [-0.05, 0) is 35.9 Å². The lowest BCUT2D eigenvalue weighted by molar-refractivity contribution is 0.0987. The van der Waals surface area contributed by atoms with E-state index < -0.39 is 22.8 Å². The van der Waals surface area contributed by atoms with Gasteiger partial charge in [-0.1, -0.05) is 23.7 Å². The number of rotatable bonds is 3. The quantitative estimate of drug-likeness (QED) is 0.589. The van der Waals surface area contributed by atoms with Crippen LogP contribution in [0.3, 0.4) is 0 Å². The Balaban J connectivity index is 2.28. The lowest BCUT2D eigenvalue weighted by Crippen LogP contribution is -2.07. The Morgan fingerprint density at radius 2 is 1.68 bits per heavy atom. The molecule has 0 spiro atoms. The van der Waals surface area contributed by atoms with Gasteiger partial charge in [-0.2, -0.15) is 0 Å². The minimum Gasteiger partial charge on any atom is -0.292 e. The van der Waals surface area contributed by atoms with E-state index in [0.29, 0.717) is 5.56 Å². The smallest absolute Gasteiger partial charge is 0.185 e. The van der Waals surface area contributed by atoms with Crippen molar-refractivity contribution in [3.8, 4) is 0 Å². The number of Topliss-reactive ketones (excluding diaryl/α,β-unsaturated/α-hetero) is 1. The molecule has 0 fully saturated rings. The van der Waals surface area contributed by atoms with Gasteiger partial charge in [0.15, 0.2) is 5.78 Å². The molecule has 0 aliphatic rings. The predicted octanol–water partition coefficient (Wildman–Crippen LogP) is 4.78. The zero-order valence-corrected chi connectivity index (χ0v) is 11.1. The summed E-state index contributed by atoms with van der Waals surface area (Å²) in [7, 11) is 0. The fourth-order valence-electron chi connectivity index (χ4n) is 1.58. The second kappa shape index (κ2) is 5.68. The van der Waals surface area contributed by atoms with Gasteiger partial charge in [0.1, 0.15) is 17.0 Å². The van der Waals surface area contributed by atoms with Crippen molar-refractivity contribution in [3.63, 3.8) is 0 Å². The number of ketones is 1. The van der Waals surface area contributed by atoms with Gasteiger partial charge in [-0.15, -0.1) is 11.6 Å². The molecule has 1 nitrogen and oxygen atoms in total. The van der Waals surface area contributed by atoms with Crippen LogP contribution in [0, 0.1) is 11.6 Å². The van der Waals surface area contributed by atoms with Crippen LogP contribution < -0.4 is 0 Å². The molecule has 5 heteroatoms. The van der Waals surface area contributed by atoms with Crippen LogP contribution in [0.25, 0.3) is 0 Å². The maximum atomic E-state index is 13.0. The molecule has 0 aliphatic carbocycles. The SMILES string of the molecule is O=C(c1ccc(F)c(Cl)c1)C(Cl)c1ccc(F)cc1. The molecule has 0 N–H and O–H groups in total. The van der Waals surface area contributed by atoms with Gasteiger partial charge in [0.25, 0.3) is 0 Å². The summed E-state index contributed by atoms with van der Waals surface area (Å²) < 4.78 is 25.8. The van der Waals surface area contributed by atoms with E-state index in [0.717, 1.165) is 6.07 Å². The number of hydrogen-bond donors (Lipinski definition) is 0. The minimum absolute atomic E-state index is 0.145. The number of alkyl halides is 1. The van der Waals surface area contributed by atoms with Crippen molar-refractivity contribution in [1.29, 1.82) is 0 Å². The predicted molar refractivity (Wildman–Crippen MR) is 70.7 cm³/mol. The van der Waals surface area contributed by atoms with E-state index >= 15 is 0 Å². The Labute approximate surface area is 118 Å². The molecular formula is C14H8Cl2F2O. The van der Waals surface area contributed by atoms with Crippen molar-refractivity contribution in [2.45, 2.75) is 5.38 Å². The largest absolute Gasteiger partial charge is 0.292 e. The van der Waals surface area contributed by atoms with E-state index in [4.69, 9.17) is 23.2 Å². The van der Waals surface area contributed by atoms with Gasteiger partial charge in [0, 0.05) is 5.56 Å². The van der Waals surface area contributed by atoms with Crippen LogP contribution >= 0.6 is 23.2 Å². The first-order valence-corrected chi connectivity index (χ1v) is 6.19. The van der Waals surface area contributed by atoms with E-state index in [1.165, 1.54) is 36.4 Å². The van der Waals surface area contributed by atoms with Crippen LogP contribution in [0.5, 0.6) is 0 Å². The van der Waals surface area contributed by atoms with Crippen molar-refractivity contribution < 1.29 is 13.6 Å². The molecule has 1 atom stereocenters. The molecule has 0 saturated heterocycles. The van der Waals surface area contributed by atoms with E-state index in [2.05, 4.69) is 0 Å². The van der Waals surface area contributed by atoms with Crippen molar-refractivity contribution in [1.82, 2.24) is 0 Å². The molecule has 0 bridgehead atoms. The first-order valence-electron chi connectivity index (χ1n) is 5.38. The summed E-state index contributed by atoms with van der Waals surface area (Å²) in [5.74, 6) is -1.44. The summed E-state index contributed by atoms with van der Waals surface area (Å²) in [6.45, 7) is 0. The monoisotopic (exact) mass is 300 g/mol. The van der Waals surface area contributed by atoms with Crippen molar-refractivity contribution >= 4 is 29.0 Å². The van der Waals surface area contributed by atoms with Gasteiger partial charge < -0.3 is 0 Å². The summed E-state index contributed by atoms with van der Waals surface area (Å²) in [6, 6.07) is 8.92. The number of carbonyl (C=O) groups excluding carboxylic acids is 1. The summed E-state index contributed by atoms with van der Waals surface area (Å²) >= 11 is 11.6. The average Bonchev–Trinajstić information content (AvgIpc) is 2.41. The molecule has 19 heavy (non-hydrogen) atoms. The van der Waals surface area contributed by atoms with Crippen molar-refractivity contribution in [3.05, 3.63) is 70.2 Å².